The van der Waals surface area contributed by atoms with Gasteiger partial charge in [-0.25, -0.2) is 4.90 Å². The fourth-order valence-corrected chi connectivity index (χ4v) is 4.38. The lowest BCUT2D eigenvalue weighted by molar-refractivity contribution is -0.121. The number of benzene rings is 2. The summed E-state index contributed by atoms with van der Waals surface area (Å²) in [6.07, 6.45) is -0.164. The minimum absolute atomic E-state index is 0.0818. The summed E-state index contributed by atoms with van der Waals surface area (Å²) in [5.41, 5.74) is 1.67. The Balaban J connectivity index is 1.86. The molecule has 2 aliphatic heterocycles. The molecule has 8 nitrogen and oxygen atoms in total. The highest BCUT2D eigenvalue weighted by Gasteiger charge is 2.45. The Kier molecular flexibility index (Phi) is 6.29. The molecule has 1 saturated heterocycles. The van der Waals surface area contributed by atoms with Gasteiger partial charge in [-0.05, 0) is 43.7 Å². The maximum atomic E-state index is 13.8. The van der Waals surface area contributed by atoms with Gasteiger partial charge in [0.1, 0.15) is 22.9 Å². The van der Waals surface area contributed by atoms with E-state index in [1.807, 2.05) is 18.7 Å². The van der Waals surface area contributed by atoms with E-state index in [4.69, 9.17) is 18.9 Å². The molecular weight excluding hydrogens is 424 g/mol. The molecule has 2 atom stereocenters. The zero-order valence-corrected chi connectivity index (χ0v) is 19.5. The number of ether oxygens (including phenoxy) is 4. The molecule has 33 heavy (non-hydrogen) atoms. The third-order valence-electron chi connectivity index (χ3n) is 5.80. The first-order valence-corrected chi connectivity index (χ1v) is 10.8. The Bertz CT molecular complexity index is 1080. The van der Waals surface area contributed by atoms with Gasteiger partial charge in [0.2, 0.25) is 0 Å². The second kappa shape index (κ2) is 9.15. The lowest BCUT2D eigenvalue weighted by Crippen LogP contribution is -2.47. The average molecular weight is 453 g/mol. The molecule has 2 aromatic carbocycles. The first-order valence-electron chi connectivity index (χ1n) is 10.8. The maximum Gasteiger partial charge on any atom is 0.282 e. The highest BCUT2D eigenvalue weighted by molar-refractivity contribution is 6.45. The number of methoxy groups -OCH3 is 3. The van der Waals surface area contributed by atoms with Crippen LogP contribution in [-0.4, -0.2) is 63.3 Å². The molecule has 174 valence electrons. The van der Waals surface area contributed by atoms with Crippen LogP contribution in [0.4, 0.5) is 5.69 Å². The summed E-state index contributed by atoms with van der Waals surface area (Å²) in [5, 5.41) is 0. The summed E-state index contributed by atoms with van der Waals surface area (Å²) < 4.78 is 21.9. The molecule has 0 bridgehead atoms. The Morgan fingerprint density at radius 2 is 1.42 bits per heavy atom. The van der Waals surface area contributed by atoms with Gasteiger partial charge in [0, 0.05) is 19.2 Å². The predicted octanol–water partition coefficient (Wildman–Crippen LogP) is 3.11. The molecule has 0 N–H and O–H groups in total. The van der Waals surface area contributed by atoms with Crippen LogP contribution in [0.5, 0.6) is 17.2 Å². The molecule has 0 aromatic heterocycles. The van der Waals surface area contributed by atoms with E-state index >= 15 is 0 Å². The third kappa shape index (κ3) is 4.14. The van der Waals surface area contributed by atoms with Crippen molar-refractivity contribution in [3.8, 4) is 17.2 Å². The molecule has 1 fully saturated rings. The molecule has 2 heterocycles. The number of hydrogen-bond acceptors (Lipinski definition) is 7. The zero-order valence-electron chi connectivity index (χ0n) is 19.5. The number of carbonyl (C=O) groups is 2. The first kappa shape index (κ1) is 22.7. The van der Waals surface area contributed by atoms with Crippen molar-refractivity contribution in [2.75, 3.05) is 39.3 Å². The largest absolute Gasteiger partial charge is 0.497 e. The van der Waals surface area contributed by atoms with Crippen LogP contribution in [0.1, 0.15) is 19.4 Å². The number of nitrogens with zero attached hydrogens (tertiary/aromatic N) is 2. The molecule has 0 saturated carbocycles. The summed E-state index contributed by atoms with van der Waals surface area (Å²) in [4.78, 5) is 30.8. The van der Waals surface area contributed by atoms with Crippen LogP contribution >= 0.6 is 0 Å². The first-order chi connectivity index (χ1) is 15.9. The number of hydrogen-bond donors (Lipinski definition) is 0. The normalized spacial score (nSPS) is 21.0. The van der Waals surface area contributed by atoms with E-state index in [9.17, 15) is 9.59 Å². The van der Waals surface area contributed by atoms with E-state index in [-0.39, 0.29) is 12.2 Å². The van der Waals surface area contributed by atoms with Gasteiger partial charge in [-0.2, -0.15) is 0 Å². The summed E-state index contributed by atoms with van der Waals surface area (Å²) >= 11 is 0. The Hall–Kier alpha value is -3.52. The van der Waals surface area contributed by atoms with Crippen molar-refractivity contribution in [3.05, 3.63) is 53.7 Å². The van der Waals surface area contributed by atoms with Gasteiger partial charge in [0.05, 0.1) is 44.8 Å². The van der Waals surface area contributed by atoms with Crippen molar-refractivity contribution in [2.45, 2.75) is 26.1 Å². The van der Waals surface area contributed by atoms with E-state index in [1.165, 1.54) is 19.1 Å². The van der Waals surface area contributed by atoms with Crippen molar-refractivity contribution in [3.63, 3.8) is 0 Å². The van der Waals surface area contributed by atoms with Crippen LogP contribution in [0, 0.1) is 0 Å². The van der Waals surface area contributed by atoms with Crippen molar-refractivity contribution >= 4 is 23.1 Å². The van der Waals surface area contributed by atoms with Gasteiger partial charge >= 0.3 is 0 Å². The second-order valence-electron chi connectivity index (χ2n) is 8.10. The van der Waals surface area contributed by atoms with Crippen LogP contribution in [0.2, 0.25) is 0 Å². The smallest absolute Gasteiger partial charge is 0.282 e. The number of amides is 2. The number of imide groups is 1. The third-order valence-corrected chi connectivity index (χ3v) is 5.80. The number of morpholine rings is 1. The van der Waals surface area contributed by atoms with Crippen molar-refractivity contribution < 1.29 is 28.5 Å². The molecule has 0 aliphatic carbocycles. The van der Waals surface area contributed by atoms with Gasteiger partial charge in [-0.15, -0.1) is 0 Å². The van der Waals surface area contributed by atoms with Crippen LogP contribution in [0.3, 0.4) is 0 Å². The fourth-order valence-electron chi connectivity index (χ4n) is 4.38. The van der Waals surface area contributed by atoms with Gasteiger partial charge in [0.15, 0.2) is 0 Å². The Labute approximate surface area is 193 Å². The lowest BCUT2D eigenvalue weighted by Gasteiger charge is -2.37. The van der Waals surface area contributed by atoms with Crippen molar-refractivity contribution in [1.82, 2.24) is 4.90 Å². The van der Waals surface area contributed by atoms with Gasteiger partial charge in [-0.3, -0.25) is 9.59 Å². The van der Waals surface area contributed by atoms with E-state index in [0.29, 0.717) is 52.9 Å². The lowest BCUT2D eigenvalue weighted by atomic mass is 10.0. The molecular formula is C25H28N2O6. The van der Waals surface area contributed by atoms with Crippen LogP contribution < -0.4 is 19.1 Å². The highest BCUT2D eigenvalue weighted by Crippen LogP contribution is 2.41. The maximum absolute atomic E-state index is 13.8. The minimum Gasteiger partial charge on any atom is -0.497 e. The number of anilines is 1. The molecule has 2 amide bonds. The molecule has 2 aromatic rings. The molecule has 2 unspecified atom stereocenters. The molecule has 4 rings (SSSR count). The topological polar surface area (TPSA) is 77.5 Å². The van der Waals surface area contributed by atoms with E-state index in [2.05, 4.69) is 0 Å². The van der Waals surface area contributed by atoms with Crippen LogP contribution in [0.15, 0.2) is 48.2 Å². The molecule has 8 heteroatoms. The predicted molar refractivity (Wildman–Crippen MR) is 124 cm³/mol. The number of rotatable bonds is 6. The summed E-state index contributed by atoms with van der Waals surface area (Å²) in [6, 6.07) is 12.2. The SMILES string of the molecule is COc1ccc(C2=C(N3CC(C)OC(C)C3)C(=O)N(c3cc(OC)ccc3OC)C2=O)cc1. The zero-order chi connectivity index (χ0) is 23.7. The second-order valence-corrected chi connectivity index (χ2v) is 8.10. The number of carbonyl (C=O) groups excluding carboxylic acids is 2. The van der Waals surface area contributed by atoms with Gasteiger partial charge in [-0.1, -0.05) is 12.1 Å². The van der Waals surface area contributed by atoms with Crippen molar-refractivity contribution in [1.29, 1.82) is 0 Å². The summed E-state index contributed by atoms with van der Waals surface area (Å²) in [6.45, 7) is 4.92. The van der Waals surface area contributed by atoms with Crippen molar-refractivity contribution in [2.24, 2.45) is 0 Å². The van der Waals surface area contributed by atoms with E-state index in [0.717, 1.165) is 0 Å². The monoisotopic (exact) mass is 452 g/mol. The fraction of sp³-hybridized carbons (Fsp3) is 0.360. The quantitative estimate of drug-likeness (QED) is 0.624. The minimum atomic E-state index is -0.418. The standard InChI is InChI=1S/C25H28N2O6/c1-15-13-26(14-16(2)33-15)23-22(17-6-8-18(30-3)9-7-17)24(28)27(25(23)29)20-12-19(31-4)10-11-21(20)32-5/h6-12,15-16H,13-14H2,1-5H3. The Morgan fingerprint density at radius 3 is 2.00 bits per heavy atom. The summed E-state index contributed by atoms with van der Waals surface area (Å²) in [7, 11) is 4.61. The Morgan fingerprint density at radius 1 is 0.818 bits per heavy atom. The highest BCUT2D eigenvalue weighted by atomic mass is 16.5. The van der Waals surface area contributed by atoms with Crippen LogP contribution in [-0.2, 0) is 14.3 Å². The van der Waals surface area contributed by atoms with Gasteiger partial charge in [0.25, 0.3) is 11.8 Å². The van der Waals surface area contributed by atoms with Gasteiger partial charge < -0.3 is 23.8 Å². The summed E-state index contributed by atoms with van der Waals surface area (Å²) in [5.74, 6) is 0.755. The molecule has 0 radical (unpaired) electrons. The van der Waals surface area contributed by atoms with E-state index < -0.39 is 11.8 Å². The van der Waals surface area contributed by atoms with E-state index in [1.54, 1.807) is 49.6 Å². The molecule has 0 spiro atoms. The molecule has 2 aliphatic rings. The van der Waals surface area contributed by atoms with Crippen LogP contribution in [0.25, 0.3) is 5.57 Å². The average Bonchev–Trinajstić information content (AvgIpc) is 3.07.